The Morgan fingerprint density at radius 2 is 1.41 bits per heavy atom. The van der Waals surface area contributed by atoms with Crippen molar-refractivity contribution in [2.75, 3.05) is 19.8 Å². The van der Waals surface area contributed by atoms with E-state index in [0.717, 1.165) is 63.4 Å². The molecule has 3 rings (SSSR count). The number of benzene rings is 1. The smallest absolute Gasteiger partial charge is 0.355 e. The maximum Gasteiger partial charge on any atom is 0.355 e. The Kier molecular flexibility index (Phi) is 12.4. The minimum absolute atomic E-state index is 0.581. The lowest BCUT2D eigenvalue weighted by Gasteiger charge is -2.17. The molecule has 0 N–H and O–H groups in total. The van der Waals surface area contributed by atoms with Crippen LogP contribution in [0.2, 0.25) is 0 Å². The molecule has 3 aromatic rings. The molecule has 8 nitrogen and oxygen atoms in total. The van der Waals surface area contributed by atoms with Crippen LogP contribution < -0.4 is 33.5 Å². The first-order valence-corrected chi connectivity index (χ1v) is 13.8. The van der Waals surface area contributed by atoms with Gasteiger partial charge in [0.05, 0.1) is 24.7 Å². The summed E-state index contributed by atoms with van der Waals surface area (Å²) < 4.78 is 57.9. The van der Waals surface area contributed by atoms with Crippen molar-refractivity contribution in [1.29, 1.82) is 0 Å². The van der Waals surface area contributed by atoms with Crippen molar-refractivity contribution < 1.29 is 42.8 Å². The molecule has 0 unspecified atom stereocenters. The van der Waals surface area contributed by atoms with Crippen LogP contribution in [0.25, 0.3) is 21.9 Å². The standard InChI is InChI=1S/C28H37O4.ClHO4/c1-6-9-10-11-12-17-31-24-15-13-22(14-16-24)23-18-25(29-7-2)27-20(4)32-21(5)28(27)26(19-23)30-8-3;2-1(3,4)5/h13-16,18-19H,6-12,17H2,1-5H3;(H,2,3,4,5)/q+1;/p-1. The maximum atomic E-state index is 8.49. The summed E-state index contributed by atoms with van der Waals surface area (Å²) in [6.45, 7) is 12.1. The van der Waals surface area contributed by atoms with Gasteiger partial charge in [-0.1, -0.05) is 44.7 Å². The molecule has 0 fully saturated rings. The summed E-state index contributed by atoms with van der Waals surface area (Å²) in [5.74, 6) is 3.40. The van der Waals surface area contributed by atoms with Gasteiger partial charge in [0.2, 0.25) is 0 Å². The van der Waals surface area contributed by atoms with Crippen molar-refractivity contribution in [2.45, 2.75) is 66.7 Å². The minimum Gasteiger partial charge on any atom is -0.494 e. The topological polar surface area (TPSA) is 135 Å². The first kappa shape index (κ1) is 30.6. The van der Waals surface area contributed by atoms with Crippen LogP contribution in [0.5, 0.6) is 11.5 Å². The van der Waals surface area contributed by atoms with Crippen LogP contribution in [0, 0.1) is 24.1 Å². The van der Waals surface area contributed by atoms with E-state index in [1.807, 2.05) is 39.8 Å². The van der Waals surface area contributed by atoms with Gasteiger partial charge in [-0.25, -0.2) is 18.6 Å². The largest absolute Gasteiger partial charge is 0.494 e. The quantitative estimate of drug-likeness (QED) is 0.271. The average molecular weight is 537 g/mol. The Morgan fingerprint density at radius 1 is 0.784 bits per heavy atom. The minimum atomic E-state index is -4.94. The number of hydrogen-bond acceptors (Lipinski definition) is 7. The SMILES string of the molecule is CCCCCCCOc1ccc(-c2cc(OCC)c3c(C)oc(C)c3c(=[O+]CC)c2)cc1.[O-][Cl+3]([O-])([O-])[O-]. The van der Waals surface area contributed by atoms with E-state index in [-0.39, 0.29) is 0 Å². The second-order valence-corrected chi connectivity index (χ2v) is 9.22. The fraction of sp³-hybridized carbons (Fsp3) is 0.464. The van der Waals surface area contributed by atoms with Crippen LogP contribution in [0.3, 0.4) is 0 Å². The maximum absolute atomic E-state index is 8.49. The highest BCUT2D eigenvalue weighted by atomic mass is 35.7. The molecule has 1 heterocycles. The molecular formula is C28H37ClO8. The zero-order valence-corrected chi connectivity index (χ0v) is 23.0. The molecule has 0 atom stereocenters. The van der Waals surface area contributed by atoms with Crippen LogP contribution in [0.15, 0.2) is 45.2 Å². The second kappa shape index (κ2) is 15.0. The lowest BCUT2D eigenvalue weighted by atomic mass is 10.1. The fourth-order valence-electron chi connectivity index (χ4n) is 4.09. The number of unbranched alkanes of at least 4 members (excludes halogenated alkanes) is 4. The van der Waals surface area contributed by atoms with E-state index >= 15 is 0 Å². The van der Waals surface area contributed by atoms with Gasteiger partial charge < -0.3 is 13.9 Å². The first-order valence-electron chi connectivity index (χ1n) is 12.6. The average Bonchev–Trinajstić information content (AvgIpc) is 3.02. The molecule has 0 saturated heterocycles. The Morgan fingerprint density at radius 3 is 2.00 bits per heavy atom. The van der Waals surface area contributed by atoms with Gasteiger partial charge in [0.1, 0.15) is 28.4 Å². The van der Waals surface area contributed by atoms with Crippen molar-refractivity contribution in [1.82, 2.24) is 0 Å². The van der Waals surface area contributed by atoms with E-state index < -0.39 is 10.2 Å². The van der Waals surface area contributed by atoms with E-state index in [1.54, 1.807) is 0 Å². The molecule has 0 amide bonds. The van der Waals surface area contributed by atoms with Crippen molar-refractivity contribution in [3.8, 4) is 22.6 Å². The van der Waals surface area contributed by atoms with Gasteiger partial charge in [-0.05, 0) is 56.5 Å². The van der Waals surface area contributed by atoms with Crippen molar-refractivity contribution in [3.63, 3.8) is 0 Å². The van der Waals surface area contributed by atoms with Crippen LogP contribution in [-0.4, -0.2) is 19.8 Å². The monoisotopic (exact) mass is 536 g/mol. The van der Waals surface area contributed by atoms with Crippen LogP contribution in [0.4, 0.5) is 0 Å². The third-order valence-corrected chi connectivity index (χ3v) is 5.63. The second-order valence-electron chi connectivity index (χ2n) is 8.47. The summed E-state index contributed by atoms with van der Waals surface area (Å²) in [6, 6.07) is 12.4. The molecule has 9 heteroatoms. The van der Waals surface area contributed by atoms with Gasteiger partial charge in [-0.3, -0.25) is 4.42 Å². The van der Waals surface area contributed by atoms with Crippen molar-refractivity contribution in [3.05, 3.63) is 57.8 Å². The predicted molar refractivity (Wildman–Crippen MR) is 133 cm³/mol. The molecule has 0 saturated carbocycles. The zero-order chi connectivity index (χ0) is 27.4. The third kappa shape index (κ3) is 9.98. The van der Waals surface area contributed by atoms with Crippen LogP contribution in [0.1, 0.15) is 64.4 Å². The van der Waals surface area contributed by atoms with Gasteiger partial charge in [0.15, 0.2) is 0 Å². The summed E-state index contributed by atoms with van der Waals surface area (Å²) in [7, 11) is -4.94. The lowest BCUT2D eigenvalue weighted by Crippen LogP contribution is -2.68. The summed E-state index contributed by atoms with van der Waals surface area (Å²) in [5.41, 5.74) is 2.94. The highest BCUT2D eigenvalue weighted by molar-refractivity contribution is 5.93. The van der Waals surface area contributed by atoms with Crippen molar-refractivity contribution in [2.24, 2.45) is 0 Å². The molecule has 2 aromatic carbocycles. The number of hydrogen-bond donors (Lipinski definition) is 0. The van der Waals surface area contributed by atoms with E-state index in [1.165, 1.54) is 25.7 Å². The lowest BCUT2D eigenvalue weighted by molar-refractivity contribution is -2.00. The Labute approximate surface area is 220 Å². The van der Waals surface area contributed by atoms with Crippen LogP contribution in [-0.2, 0) is 0 Å². The Balaban J connectivity index is 0.000000877. The molecule has 0 radical (unpaired) electrons. The van der Waals surface area contributed by atoms with E-state index in [4.69, 9.17) is 37.0 Å². The van der Waals surface area contributed by atoms with Crippen molar-refractivity contribution >= 4 is 10.8 Å². The Bertz CT molecular complexity index is 1170. The molecular weight excluding hydrogens is 500 g/mol. The molecule has 0 spiro atoms. The highest BCUT2D eigenvalue weighted by Gasteiger charge is 2.19. The number of aryl methyl sites for hydroxylation is 2. The number of rotatable bonds is 11. The van der Waals surface area contributed by atoms with Gasteiger partial charge in [0.25, 0.3) is 6.61 Å². The van der Waals surface area contributed by atoms with Gasteiger partial charge in [-0.2, -0.15) is 0 Å². The number of ether oxygens (including phenoxy) is 2. The zero-order valence-electron chi connectivity index (χ0n) is 22.3. The summed E-state index contributed by atoms with van der Waals surface area (Å²) in [5, 5.41) is 1.95. The first-order chi connectivity index (χ1) is 17.6. The van der Waals surface area contributed by atoms with Gasteiger partial charge in [-0.15, -0.1) is 10.2 Å². The highest BCUT2D eigenvalue weighted by Crippen LogP contribution is 2.34. The van der Waals surface area contributed by atoms with Crippen LogP contribution >= 0.6 is 0 Å². The van der Waals surface area contributed by atoms with Gasteiger partial charge >= 0.3 is 5.43 Å². The molecule has 1 aromatic heterocycles. The molecule has 0 aliphatic rings. The normalized spacial score (nSPS) is 11.9. The number of halogens is 1. The predicted octanol–water partition coefficient (Wildman–Crippen LogP) is 2.62. The number of furan rings is 1. The van der Waals surface area contributed by atoms with E-state index in [0.29, 0.717) is 13.2 Å². The van der Waals surface area contributed by atoms with E-state index in [2.05, 4.69) is 31.2 Å². The Hall–Kier alpha value is -2.62. The van der Waals surface area contributed by atoms with Gasteiger partial charge in [0, 0.05) is 6.92 Å². The van der Waals surface area contributed by atoms with E-state index in [9.17, 15) is 0 Å². The summed E-state index contributed by atoms with van der Waals surface area (Å²) in [6.07, 6.45) is 6.19. The molecule has 204 valence electrons. The summed E-state index contributed by atoms with van der Waals surface area (Å²) in [4.78, 5) is 0. The molecule has 37 heavy (non-hydrogen) atoms. The molecule has 0 aliphatic heterocycles. The third-order valence-electron chi connectivity index (χ3n) is 5.63. The molecule has 0 bridgehead atoms. The number of fused-ring (bicyclic) bond motifs is 1. The molecule has 0 aliphatic carbocycles. The fourth-order valence-corrected chi connectivity index (χ4v) is 4.09. The summed E-state index contributed by atoms with van der Waals surface area (Å²) >= 11 is 0.